The van der Waals surface area contributed by atoms with E-state index in [1.165, 1.54) is 4.90 Å². The second kappa shape index (κ2) is 7.08. The van der Waals surface area contributed by atoms with E-state index in [2.05, 4.69) is 4.90 Å². The molecule has 2 aliphatic rings. The smallest absolute Gasteiger partial charge is 0.319 e. The highest BCUT2D eigenvalue weighted by Crippen LogP contribution is 2.29. The van der Waals surface area contributed by atoms with Crippen molar-refractivity contribution in [3.63, 3.8) is 0 Å². The van der Waals surface area contributed by atoms with E-state index in [-0.39, 0.29) is 29.6 Å². The van der Waals surface area contributed by atoms with Crippen molar-refractivity contribution in [1.29, 1.82) is 0 Å². The molecule has 0 aliphatic carbocycles. The number of sulfone groups is 1. The molecule has 0 aromatic heterocycles. The third-order valence-electron chi connectivity index (χ3n) is 5.34. The zero-order valence-corrected chi connectivity index (χ0v) is 16.6. The van der Waals surface area contributed by atoms with Crippen LogP contribution in [0.25, 0.3) is 0 Å². The van der Waals surface area contributed by atoms with Gasteiger partial charge in [0.2, 0.25) is 0 Å². The summed E-state index contributed by atoms with van der Waals surface area (Å²) in [4.78, 5) is 17.9. The molecule has 1 aromatic carbocycles. The number of hydrogen-bond donors (Lipinski definition) is 0. The topological polar surface area (TPSA) is 70.2 Å². The highest BCUT2D eigenvalue weighted by atomic mass is 32.2. The van der Waals surface area contributed by atoms with Gasteiger partial charge >= 0.3 is 6.03 Å². The van der Waals surface area contributed by atoms with Gasteiger partial charge in [-0.3, -0.25) is 4.90 Å². The summed E-state index contributed by atoms with van der Waals surface area (Å²) in [5.74, 6) is 0.980. The minimum absolute atomic E-state index is 0.0509. The summed E-state index contributed by atoms with van der Waals surface area (Å²) in [6.07, 6.45) is 0. The molecular weight excluding hydrogens is 354 g/mol. The molecule has 2 atom stereocenters. The van der Waals surface area contributed by atoms with Crippen molar-refractivity contribution in [2.24, 2.45) is 0 Å². The van der Waals surface area contributed by atoms with Crippen LogP contribution in [0, 0.1) is 6.92 Å². The molecule has 0 radical (unpaired) electrons. The summed E-state index contributed by atoms with van der Waals surface area (Å²) in [7, 11) is 1.91. The van der Waals surface area contributed by atoms with E-state index in [1.807, 2.05) is 25.1 Å². The summed E-state index contributed by atoms with van der Waals surface area (Å²) >= 11 is 0. The number of hydrogen-bond acceptors (Lipinski definition) is 5. The zero-order chi connectivity index (χ0) is 19.1. The van der Waals surface area contributed by atoms with Crippen molar-refractivity contribution in [3.05, 3.63) is 29.3 Å². The van der Waals surface area contributed by atoms with E-state index < -0.39 is 9.84 Å². The lowest BCUT2D eigenvalue weighted by atomic mass is 10.0. The Hall–Kier alpha value is -1.80. The highest BCUT2D eigenvalue weighted by molar-refractivity contribution is 7.91. The Morgan fingerprint density at radius 1 is 1.23 bits per heavy atom. The lowest BCUT2D eigenvalue weighted by Crippen LogP contribution is -2.61. The SMILES string of the molecule is COc1ccc(CN2CCN(C(=O)N(C)C)[C@@H]3CS(=O)(=O)C[C@@H]32)c(C)c1. The van der Waals surface area contributed by atoms with Gasteiger partial charge in [0.15, 0.2) is 9.84 Å². The summed E-state index contributed by atoms with van der Waals surface area (Å²) in [5, 5.41) is 0. The van der Waals surface area contributed by atoms with Crippen LogP contribution in [0.15, 0.2) is 18.2 Å². The number of aryl methyl sites for hydroxylation is 1. The number of fused-ring (bicyclic) bond motifs is 1. The average molecular weight is 381 g/mol. The number of piperazine rings is 1. The van der Waals surface area contributed by atoms with Crippen LogP contribution in [0.1, 0.15) is 11.1 Å². The Morgan fingerprint density at radius 2 is 1.92 bits per heavy atom. The van der Waals surface area contributed by atoms with Gasteiger partial charge in [-0.25, -0.2) is 13.2 Å². The number of carbonyl (C=O) groups is 1. The molecule has 0 spiro atoms. The Kier molecular flexibility index (Phi) is 5.16. The van der Waals surface area contributed by atoms with E-state index in [1.54, 1.807) is 26.1 Å². The third-order valence-corrected chi connectivity index (χ3v) is 7.04. The molecule has 3 rings (SSSR count). The summed E-state index contributed by atoms with van der Waals surface area (Å²) in [6.45, 7) is 3.92. The first-order chi connectivity index (χ1) is 12.2. The van der Waals surface area contributed by atoms with Crippen molar-refractivity contribution in [1.82, 2.24) is 14.7 Å². The maximum atomic E-state index is 12.5. The first-order valence-electron chi connectivity index (χ1n) is 8.78. The fraction of sp³-hybridized carbons (Fsp3) is 0.611. The largest absolute Gasteiger partial charge is 0.497 e. The van der Waals surface area contributed by atoms with Gasteiger partial charge < -0.3 is 14.5 Å². The lowest BCUT2D eigenvalue weighted by molar-refractivity contribution is 0.0519. The van der Waals surface area contributed by atoms with Crippen molar-refractivity contribution in [3.8, 4) is 5.75 Å². The molecule has 26 heavy (non-hydrogen) atoms. The van der Waals surface area contributed by atoms with Gasteiger partial charge in [0.25, 0.3) is 0 Å². The van der Waals surface area contributed by atoms with E-state index in [9.17, 15) is 13.2 Å². The Bertz CT molecular complexity index is 794. The van der Waals surface area contributed by atoms with Crippen LogP contribution in [0.3, 0.4) is 0 Å². The molecule has 144 valence electrons. The molecule has 2 aliphatic heterocycles. The fourth-order valence-electron chi connectivity index (χ4n) is 3.91. The first-order valence-corrected chi connectivity index (χ1v) is 10.6. The number of nitrogens with zero attached hydrogens (tertiary/aromatic N) is 3. The number of methoxy groups -OCH3 is 1. The predicted molar refractivity (Wildman–Crippen MR) is 100 cm³/mol. The van der Waals surface area contributed by atoms with Gasteiger partial charge in [0, 0.05) is 39.8 Å². The summed E-state index contributed by atoms with van der Waals surface area (Å²) in [5.41, 5.74) is 2.27. The minimum Gasteiger partial charge on any atom is -0.497 e. The summed E-state index contributed by atoms with van der Waals surface area (Å²) in [6, 6.07) is 5.41. The van der Waals surface area contributed by atoms with Crippen LogP contribution in [-0.2, 0) is 16.4 Å². The maximum Gasteiger partial charge on any atom is 0.319 e. The van der Waals surface area contributed by atoms with Gasteiger partial charge in [-0.15, -0.1) is 0 Å². The zero-order valence-electron chi connectivity index (χ0n) is 15.8. The second-order valence-electron chi connectivity index (χ2n) is 7.34. The van der Waals surface area contributed by atoms with Crippen molar-refractivity contribution < 1.29 is 17.9 Å². The average Bonchev–Trinajstić information content (AvgIpc) is 2.91. The van der Waals surface area contributed by atoms with Crippen molar-refractivity contribution in [2.75, 3.05) is 45.8 Å². The quantitative estimate of drug-likeness (QED) is 0.780. The Morgan fingerprint density at radius 3 is 2.54 bits per heavy atom. The van der Waals surface area contributed by atoms with E-state index in [4.69, 9.17) is 4.74 Å². The van der Waals surface area contributed by atoms with Crippen LogP contribution in [-0.4, -0.2) is 87.0 Å². The summed E-state index contributed by atoms with van der Waals surface area (Å²) < 4.78 is 29.8. The standard InChI is InChI=1S/C18H27N3O4S/c1-13-9-15(25-4)6-5-14(13)10-20-7-8-21(18(22)19(2)3)17-12-26(23,24)11-16(17)20/h5-6,9,16-17H,7-8,10-12H2,1-4H3/t16-,17+/m0/s1. The first kappa shape index (κ1) is 19.0. The second-order valence-corrected chi connectivity index (χ2v) is 9.50. The third kappa shape index (κ3) is 3.66. The Balaban J connectivity index is 1.83. The monoisotopic (exact) mass is 381 g/mol. The molecule has 1 aromatic rings. The highest BCUT2D eigenvalue weighted by Gasteiger charge is 2.48. The molecule has 2 saturated heterocycles. The number of carbonyl (C=O) groups excluding carboxylic acids is 1. The van der Waals surface area contributed by atoms with Crippen LogP contribution in [0.2, 0.25) is 0 Å². The number of urea groups is 1. The van der Waals surface area contributed by atoms with Crippen LogP contribution < -0.4 is 4.74 Å². The molecular formula is C18H27N3O4S. The van der Waals surface area contributed by atoms with Crippen LogP contribution in [0.5, 0.6) is 5.75 Å². The minimum atomic E-state index is -3.14. The van der Waals surface area contributed by atoms with Crippen molar-refractivity contribution in [2.45, 2.75) is 25.6 Å². The van der Waals surface area contributed by atoms with E-state index in [0.29, 0.717) is 19.6 Å². The molecule has 2 fully saturated rings. The van der Waals surface area contributed by atoms with Gasteiger partial charge in [0.1, 0.15) is 5.75 Å². The van der Waals surface area contributed by atoms with Crippen LogP contribution in [0.4, 0.5) is 4.79 Å². The molecule has 7 nitrogen and oxygen atoms in total. The molecule has 8 heteroatoms. The van der Waals surface area contributed by atoms with Crippen molar-refractivity contribution >= 4 is 15.9 Å². The normalized spacial score (nSPS) is 25.0. The number of ether oxygens (including phenoxy) is 1. The van der Waals surface area contributed by atoms with E-state index in [0.717, 1.165) is 16.9 Å². The van der Waals surface area contributed by atoms with Crippen LogP contribution >= 0.6 is 0 Å². The number of rotatable bonds is 3. The molecule has 2 heterocycles. The van der Waals surface area contributed by atoms with Gasteiger partial charge in [-0.1, -0.05) is 6.07 Å². The number of benzene rings is 1. The van der Waals surface area contributed by atoms with Gasteiger partial charge in [-0.05, 0) is 30.2 Å². The number of amides is 2. The Labute approximate surface area is 155 Å². The maximum absolute atomic E-state index is 12.5. The molecule has 0 N–H and O–H groups in total. The molecule has 0 unspecified atom stereocenters. The van der Waals surface area contributed by atoms with E-state index >= 15 is 0 Å². The van der Waals surface area contributed by atoms with Gasteiger partial charge in [-0.2, -0.15) is 0 Å². The van der Waals surface area contributed by atoms with Gasteiger partial charge in [0.05, 0.1) is 24.7 Å². The molecule has 0 bridgehead atoms. The molecule has 0 saturated carbocycles. The predicted octanol–water partition coefficient (Wildman–Crippen LogP) is 0.968. The molecule has 2 amide bonds. The lowest BCUT2D eigenvalue weighted by Gasteiger charge is -2.44. The fourth-order valence-corrected chi connectivity index (χ4v) is 5.92.